The number of hydrogen-bond donors (Lipinski definition) is 0. The van der Waals surface area contributed by atoms with Gasteiger partial charge in [0.25, 0.3) is 0 Å². The van der Waals surface area contributed by atoms with Crippen molar-refractivity contribution in [2.24, 2.45) is 5.41 Å². The van der Waals surface area contributed by atoms with Crippen LogP contribution in [0.1, 0.15) is 52.9 Å². The molecule has 0 N–H and O–H groups in total. The molecule has 78 valence electrons. The van der Waals surface area contributed by atoms with E-state index in [0.29, 0.717) is 5.41 Å². The Bertz CT molecular complexity index is 149. The van der Waals surface area contributed by atoms with Gasteiger partial charge in [0, 0.05) is 6.04 Å². The first-order valence-corrected chi connectivity index (χ1v) is 5.90. The van der Waals surface area contributed by atoms with Crippen LogP contribution in [0.15, 0.2) is 0 Å². The van der Waals surface area contributed by atoms with Crippen molar-refractivity contribution in [1.82, 2.24) is 4.90 Å². The number of piperidine rings is 1. The van der Waals surface area contributed by atoms with Crippen LogP contribution in [0.4, 0.5) is 0 Å². The molecule has 1 aliphatic heterocycles. The van der Waals surface area contributed by atoms with Gasteiger partial charge in [-0.15, -0.1) is 0 Å². The van der Waals surface area contributed by atoms with Gasteiger partial charge in [-0.25, -0.2) is 0 Å². The first-order chi connectivity index (χ1) is 6.20. The SMILES string of the molecule is CCC1N(C)CCCC1(CC)CC. The van der Waals surface area contributed by atoms with Gasteiger partial charge in [-0.3, -0.25) is 0 Å². The smallest absolute Gasteiger partial charge is 0.0146 e. The molecule has 0 aromatic carbocycles. The molecule has 0 aromatic rings. The topological polar surface area (TPSA) is 3.24 Å². The summed E-state index contributed by atoms with van der Waals surface area (Å²) in [6.45, 7) is 8.38. The summed E-state index contributed by atoms with van der Waals surface area (Å²) in [5.41, 5.74) is 0.627. The van der Waals surface area contributed by atoms with E-state index in [4.69, 9.17) is 0 Å². The van der Waals surface area contributed by atoms with Crippen molar-refractivity contribution in [1.29, 1.82) is 0 Å². The summed E-state index contributed by atoms with van der Waals surface area (Å²) < 4.78 is 0. The Labute approximate surface area is 83.5 Å². The maximum Gasteiger partial charge on any atom is 0.0146 e. The van der Waals surface area contributed by atoms with E-state index < -0.39 is 0 Å². The molecule has 13 heavy (non-hydrogen) atoms. The zero-order valence-electron chi connectivity index (χ0n) is 9.77. The molecule has 0 aliphatic carbocycles. The summed E-state index contributed by atoms with van der Waals surface area (Å²) >= 11 is 0. The third-order valence-corrected chi connectivity index (χ3v) is 4.22. The molecule has 1 fully saturated rings. The monoisotopic (exact) mass is 183 g/mol. The van der Waals surface area contributed by atoms with Crippen LogP contribution in [0, 0.1) is 5.41 Å². The average Bonchev–Trinajstić information content (AvgIpc) is 2.17. The maximum absolute atomic E-state index is 2.58. The minimum absolute atomic E-state index is 0.627. The molecule has 1 unspecified atom stereocenters. The van der Waals surface area contributed by atoms with Crippen LogP contribution in [0.2, 0.25) is 0 Å². The van der Waals surface area contributed by atoms with Gasteiger partial charge in [0.05, 0.1) is 0 Å². The molecule has 1 atom stereocenters. The second-order valence-corrected chi connectivity index (χ2v) is 4.58. The Kier molecular flexibility index (Phi) is 3.78. The lowest BCUT2D eigenvalue weighted by atomic mass is 9.68. The van der Waals surface area contributed by atoms with E-state index in [1.165, 1.54) is 38.6 Å². The van der Waals surface area contributed by atoms with E-state index in [0.717, 1.165) is 6.04 Å². The highest BCUT2D eigenvalue weighted by molar-refractivity contribution is 4.92. The van der Waals surface area contributed by atoms with E-state index in [9.17, 15) is 0 Å². The van der Waals surface area contributed by atoms with Crippen LogP contribution < -0.4 is 0 Å². The fraction of sp³-hybridized carbons (Fsp3) is 1.00. The largest absolute Gasteiger partial charge is 0.303 e. The highest BCUT2D eigenvalue weighted by atomic mass is 15.1. The normalized spacial score (nSPS) is 29.1. The second kappa shape index (κ2) is 4.45. The molecule has 0 aromatic heterocycles. The molecule has 0 saturated carbocycles. The number of nitrogens with zero attached hydrogens (tertiary/aromatic N) is 1. The Morgan fingerprint density at radius 3 is 2.23 bits per heavy atom. The fourth-order valence-electron chi connectivity index (χ4n) is 3.29. The Hall–Kier alpha value is -0.0400. The van der Waals surface area contributed by atoms with Crippen molar-refractivity contribution in [3.8, 4) is 0 Å². The van der Waals surface area contributed by atoms with E-state index in [-0.39, 0.29) is 0 Å². The summed E-state index contributed by atoms with van der Waals surface area (Å²) in [5.74, 6) is 0. The van der Waals surface area contributed by atoms with Crippen molar-refractivity contribution in [3.63, 3.8) is 0 Å². The standard InChI is InChI=1S/C12H25N/c1-5-11-12(6-2,7-3)9-8-10-13(11)4/h11H,5-10H2,1-4H3. The lowest BCUT2D eigenvalue weighted by Crippen LogP contribution is -2.49. The quantitative estimate of drug-likeness (QED) is 0.649. The van der Waals surface area contributed by atoms with Crippen molar-refractivity contribution in [3.05, 3.63) is 0 Å². The first-order valence-electron chi connectivity index (χ1n) is 5.90. The lowest BCUT2D eigenvalue weighted by Gasteiger charge is -2.48. The van der Waals surface area contributed by atoms with Gasteiger partial charge < -0.3 is 4.90 Å². The van der Waals surface area contributed by atoms with Gasteiger partial charge in [-0.2, -0.15) is 0 Å². The molecule has 0 amide bonds. The minimum Gasteiger partial charge on any atom is -0.303 e. The van der Waals surface area contributed by atoms with Crippen molar-refractivity contribution >= 4 is 0 Å². The Balaban J connectivity index is 2.78. The van der Waals surface area contributed by atoms with Crippen LogP contribution in [-0.4, -0.2) is 24.5 Å². The maximum atomic E-state index is 2.58. The molecule has 0 bridgehead atoms. The minimum atomic E-state index is 0.627. The number of hydrogen-bond acceptors (Lipinski definition) is 1. The Morgan fingerprint density at radius 2 is 1.85 bits per heavy atom. The highest BCUT2D eigenvalue weighted by Gasteiger charge is 2.39. The second-order valence-electron chi connectivity index (χ2n) is 4.58. The summed E-state index contributed by atoms with van der Waals surface area (Å²) in [4.78, 5) is 2.58. The van der Waals surface area contributed by atoms with Crippen LogP contribution in [0.5, 0.6) is 0 Å². The molecule has 1 heteroatoms. The number of rotatable bonds is 3. The summed E-state index contributed by atoms with van der Waals surface area (Å²) in [6.07, 6.45) is 6.87. The molecule has 0 spiro atoms. The van der Waals surface area contributed by atoms with E-state index in [1.807, 2.05) is 0 Å². The van der Waals surface area contributed by atoms with Crippen LogP contribution >= 0.6 is 0 Å². The van der Waals surface area contributed by atoms with Crippen LogP contribution in [-0.2, 0) is 0 Å². The molecule has 1 saturated heterocycles. The molecule has 0 radical (unpaired) electrons. The van der Waals surface area contributed by atoms with Gasteiger partial charge in [0.15, 0.2) is 0 Å². The molecule has 1 aliphatic rings. The van der Waals surface area contributed by atoms with Gasteiger partial charge in [-0.1, -0.05) is 20.8 Å². The van der Waals surface area contributed by atoms with Gasteiger partial charge in [-0.05, 0) is 51.1 Å². The fourth-order valence-corrected chi connectivity index (χ4v) is 3.29. The summed E-state index contributed by atoms with van der Waals surface area (Å²) in [5, 5.41) is 0. The zero-order chi connectivity index (χ0) is 9.90. The zero-order valence-corrected chi connectivity index (χ0v) is 9.77. The van der Waals surface area contributed by atoms with Crippen LogP contribution in [0.3, 0.4) is 0 Å². The van der Waals surface area contributed by atoms with Gasteiger partial charge in [0.2, 0.25) is 0 Å². The summed E-state index contributed by atoms with van der Waals surface area (Å²) in [6, 6.07) is 0.830. The lowest BCUT2D eigenvalue weighted by molar-refractivity contribution is 0.0206. The van der Waals surface area contributed by atoms with Gasteiger partial charge in [0.1, 0.15) is 0 Å². The summed E-state index contributed by atoms with van der Waals surface area (Å²) in [7, 11) is 2.30. The molecule has 1 nitrogen and oxygen atoms in total. The molecular weight excluding hydrogens is 158 g/mol. The van der Waals surface area contributed by atoms with Crippen molar-refractivity contribution in [2.75, 3.05) is 13.6 Å². The average molecular weight is 183 g/mol. The molecular formula is C12H25N. The predicted octanol–water partition coefficient (Wildman–Crippen LogP) is 3.30. The highest BCUT2D eigenvalue weighted by Crippen LogP contribution is 2.42. The number of likely N-dealkylation sites (tertiary alicyclic amines) is 1. The Morgan fingerprint density at radius 1 is 1.23 bits per heavy atom. The van der Waals surface area contributed by atoms with Crippen molar-refractivity contribution in [2.45, 2.75) is 58.9 Å². The van der Waals surface area contributed by atoms with E-state index >= 15 is 0 Å². The van der Waals surface area contributed by atoms with E-state index in [2.05, 4.69) is 32.7 Å². The molecule has 1 rings (SSSR count). The third-order valence-electron chi connectivity index (χ3n) is 4.22. The first kappa shape index (κ1) is 11.0. The van der Waals surface area contributed by atoms with Crippen molar-refractivity contribution < 1.29 is 0 Å². The predicted molar refractivity (Wildman–Crippen MR) is 59.0 cm³/mol. The molecule has 1 heterocycles. The third kappa shape index (κ3) is 1.90. The van der Waals surface area contributed by atoms with Gasteiger partial charge >= 0.3 is 0 Å². The van der Waals surface area contributed by atoms with Crippen LogP contribution in [0.25, 0.3) is 0 Å². The van der Waals surface area contributed by atoms with E-state index in [1.54, 1.807) is 0 Å².